The molecule has 1 rings (SSSR count). The molecular weight excluding hydrogens is 260 g/mol. The number of rotatable bonds is 3. The fraction of sp³-hybridized carbons (Fsp3) is 0.250. The summed E-state index contributed by atoms with van der Waals surface area (Å²) in [5.41, 5.74) is 0.878. The first-order valence-electron chi connectivity index (χ1n) is 3.60. The Balaban J connectivity index is 2.86. The zero-order valence-corrected chi connectivity index (χ0v) is 9.03. The number of hydrogen-bond acceptors (Lipinski definition) is 2. The van der Waals surface area contributed by atoms with Crippen LogP contribution in [0.25, 0.3) is 0 Å². The third kappa shape index (κ3) is 2.91. The summed E-state index contributed by atoms with van der Waals surface area (Å²) < 4.78 is 13.4. The fourth-order valence-corrected chi connectivity index (χ4v) is 1.79. The van der Waals surface area contributed by atoms with Gasteiger partial charge in [-0.3, -0.25) is 0 Å². The first kappa shape index (κ1) is 10.9. The lowest BCUT2D eigenvalue weighted by Crippen LogP contribution is -2.03. The van der Waals surface area contributed by atoms with Crippen LogP contribution in [0.1, 0.15) is 5.56 Å². The van der Waals surface area contributed by atoms with Gasteiger partial charge in [0.1, 0.15) is 0 Å². The van der Waals surface area contributed by atoms with Gasteiger partial charge in [0.25, 0.3) is 0 Å². The number of hydrogen-bond donors (Lipinski definition) is 1. The molecule has 5 heteroatoms. The van der Waals surface area contributed by atoms with E-state index in [0.717, 1.165) is 5.56 Å². The Morgan fingerprint density at radius 2 is 2.23 bits per heavy atom. The lowest BCUT2D eigenvalue weighted by molar-refractivity contribution is 0.141. The monoisotopic (exact) mass is 267 g/mol. The largest absolute Gasteiger partial charge is 0.304 e. The van der Waals surface area contributed by atoms with Gasteiger partial charge in [-0.15, -0.1) is 0 Å². The Hall–Kier alpha value is -0.160. The third-order valence-corrected chi connectivity index (χ3v) is 2.40. The fourth-order valence-electron chi connectivity index (χ4n) is 0.929. The van der Waals surface area contributed by atoms with E-state index in [1.165, 1.54) is 0 Å². The van der Waals surface area contributed by atoms with Crippen LogP contribution in [0.2, 0.25) is 5.02 Å². The van der Waals surface area contributed by atoms with Gasteiger partial charge in [0, 0.05) is 0 Å². The predicted molar refractivity (Wildman–Crippen MR) is 53.0 cm³/mol. The molecule has 0 atom stereocenters. The Bertz CT molecular complexity index is 285. The Kier molecular flexibility index (Phi) is 4.12. The van der Waals surface area contributed by atoms with Gasteiger partial charge in [-0.1, -0.05) is 11.6 Å². The molecule has 13 heavy (non-hydrogen) atoms. The maximum atomic E-state index is 13.0. The van der Waals surface area contributed by atoms with Crippen LogP contribution in [0.5, 0.6) is 0 Å². The molecule has 0 radical (unpaired) electrons. The van der Waals surface area contributed by atoms with Crippen molar-refractivity contribution in [2.24, 2.45) is 5.90 Å². The second-order valence-corrected chi connectivity index (χ2v) is 3.76. The van der Waals surface area contributed by atoms with Crippen LogP contribution in [0.15, 0.2) is 16.6 Å². The molecule has 0 fully saturated rings. The molecule has 2 N–H and O–H groups in total. The summed E-state index contributed by atoms with van der Waals surface area (Å²) in [6, 6.07) is 3.21. The molecule has 0 unspecified atom stereocenters. The van der Waals surface area contributed by atoms with Crippen LogP contribution in [0.3, 0.4) is 0 Å². The van der Waals surface area contributed by atoms with Crippen molar-refractivity contribution in [2.75, 3.05) is 6.61 Å². The van der Waals surface area contributed by atoms with Crippen molar-refractivity contribution in [2.45, 2.75) is 6.42 Å². The predicted octanol–water partition coefficient (Wildman–Crippen LogP) is 2.67. The van der Waals surface area contributed by atoms with E-state index in [-0.39, 0.29) is 5.02 Å². The van der Waals surface area contributed by atoms with Crippen molar-refractivity contribution < 1.29 is 9.23 Å². The van der Waals surface area contributed by atoms with Crippen molar-refractivity contribution in [1.82, 2.24) is 0 Å². The van der Waals surface area contributed by atoms with Crippen LogP contribution in [-0.4, -0.2) is 6.61 Å². The minimum atomic E-state index is -0.445. The molecule has 0 aliphatic carbocycles. The molecule has 0 spiro atoms. The Labute approximate surface area is 88.9 Å². The van der Waals surface area contributed by atoms with E-state index in [0.29, 0.717) is 17.5 Å². The lowest BCUT2D eigenvalue weighted by atomic mass is 10.1. The smallest absolute Gasteiger partial charge is 0.155 e. The second-order valence-electron chi connectivity index (χ2n) is 2.49. The molecule has 0 bridgehead atoms. The summed E-state index contributed by atoms with van der Waals surface area (Å²) in [7, 11) is 0. The molecule has 72 valence electrons. The van der Waals surface area contributed by atoms with Crippen molar-refractivity contribution in [1.29, 1.82) is 0 Å². The molecule has 1 aromatic carbocycles. The van der Waals surface area contributed by atoms with E-state index in [1.54, 1.807) is 12.1 Å². The van der Waals surface area contributed by atoms with Gasteiger partial charge < -0.3 is 4.84 Å². The summed E-state index contributed by atoms with van der Waals surface area (Å²) in [4.78, 5) is 4.40. The van der Waals surface area contributed by atoms with Crippen molar-refractivity contribution >= 4 is 27.5 Å². The van der Waals surface area contributed by atoms with Gasteiger partial charge in [0.2, 0.25) is 0 Å². The van der Waals surface area contributed by atoms with E-state index in [2.05, 4.69) is 20.8 Å². The van der Waals surface area contributed by atoms with Gasteiger partial charge >= 0.3 is 0 Å². The van der Waals surface area contributed by atoms with Crippen molar-refractivity contribution in [3.05, 3.63) is 33.0 Å². The molecule has 0 amide bonds. The van der Waals surface area contributed by atoms with E-state index in [9.17, 15) is 4.39 Å². The average Bonchev–Trinajstić information content (AvgIpc) is 2.10. The van der Waals surface area contributed by atoms with E-state index < -0.39 is 5.82 Å². The average molecular weight is 269 g/mol. The molecular formula is C8H8BrClFNO. The summed E-state index contributed by atoms with van der Waals surface area (Å²) in [5.74, 6) is 4.42. The topological polar surface area (TPSA) is 35.2 Å². The highest BCUT2D eigenvalue weighted by atomic mass is 79.9. The van der Waals surface area contributed by atoms with Crippen molar-refractivity contribution in [3.63, 3.8) is 0 Å². The minimum Gasteiger partial charge on any atom is -0.304 e. The third-order valence-electron chi connectivity index (χ3n) is 1.55. The normalized spacial score (nSPS) is 10.5. The van der Waals surface area contributed by atoms with Gasteiger partial charge in [0.05, 0.1) is 16.1 Å². The van der Waals surface area contributed by atoms with E-state index in [4.69, 9.17) is 17.5 Å². The summed E-state index contributed by atoms with van der Waals surface area (Å²) >= 11 is 8.68. The maximum absolute atomic E-state index is 13.0. The maximum Gasteiger partial charge on any atom is 0.155 e. The zero-order valence-electron chi connectivity index (χ0n) is 6.69. The summed E-state index contributed by atoms with van der Waals surface area (Å²) in [6.45, 7) is 0.383. The summed E-state index contributed by atoms with van der Waals surface area (Å²) in [6.07, 6.45) is 0.606. The first-order valence-corrected chi connectivity index (χ1v) is 4.77. The Morgan fingerprint density at radius 3 is 2.77 bits per heavy atom. The van der Waals surface area contributed by atoms with Crippen LogP contribution >= 0.6 is 27.5 Å². The first-order chi connectivity index (χ1) is 6.15. The van der Waals surface area contributed by atoms with Gasteiger partial charge in [-0.05, 0) is 40.0 Å². The number of nitrogens with two attached hydrogens (primary N) is 1. The van der Waals surface area contributed by atoms with Gasteiger partial charge in [-0.25, -0.2) is 10.3 Å². The van der Waals surface area contributed by atoms with E-state index in [1.807, 2.05) is 0 Å². The molecule has 1 aromatic rings. The molecule has 0 heterocycles. The summed E-state index contributed by atoms with van der Waals surface area (Å²) in [5, 5.41) is 0.0985. The van der Waals surface area contributed by atoms with Crippen LogP contribution in [0.4, 0.5) is 4.39 Å². The molecule has 0 aliphatic rings. The lowest BCUT2D eigenvalue weighted by Gasteiger charge is -2.03. The van der Waals surface area contributed by atoms with Crippen LogP contribution < -0.4 is 5.90 Å². The standard InChI is InChI=1S/C8H8BrClFNO/c9-6-3-5(1-2-13-12)4-7(10)8(6)11/h3-4H,1-2,12H2. The highest BCUT2D eigenvalue weighted by Crippen LogP contribution is 2.25. The van der Waals surface area contributed by atoms with Gasteiger partial charge in [0.15, 0.2) is 5.82 Å². The quantitative estimate of drug-likeness (QED) is 0.676. The van der Waals surface area contributed by atoms with Gasteiger partial charge in [-0.2, -0.15) is 0 Å². The zero-order chi connectivity index (χ0) is 9.84. The van der Waals surface area contributed by atoms with Crippen LogP contribution in [0, 0.1) is 5.82 Å². The highest BCUT2D eigenvalue weighted by molar-refractivity contribution is 9.10. The van der Waals surface area contributed by atoms with Crippen molar-refractivity contribution in [3.8, 4) is 0 Å². The number of benzene rings is 1. The van der Waals surface area contributed by atoms with Crippen LogP contribution in [-0.2, 0) is 11.3 Å². The molecule has 0 saturated carbocycles. The molecule has 2 nitrogen and oxygen atoms in total. The molecule has 0 saturated heterocycles. The Morgan fingerprint density at radius 1 is 1.54 bits per heavy atom. The molecule has 0 aromatic heterocycles. The number of halogens is 3. The minimum absolute atomic E-state index is 0.0985. The molecule has 0 aliphatic heterocycles. The second kappa shape index (κ2) is 4.91. The highest BCUT2D eigenvalue weighted by Gasteiger charge is 2.06. The SMILES string of the molecule is NOCCc1cc(Cl)c(F)c(Br)c1. The van der Waals surface area contributed by atoms with E-state index >= 15 is 0 Å².